The smallest absolute Gasteiger partial charge is 0.349 e. The Labute approximate surface area is 224 Å². The molecule has 3 aromatic rings. The standard InChI is InChI=1S/C32H39O4S/c1-30(2,3)23-32(7,31(4,5)6)29(34)35-22-28(33)36-24-18-20-27(21-19-24)37(25-14-10-8-11-15-25)26-16-12-9-13-17-26/h8-21H,22-23H2,1-7H3/q+1. The summed E-state index contributed by atoms with van der Waals surface area (Å²) in [6.45, 7) is 13.9. The van der Waals surface area contributed by atoms with Crippen molar-refractivity contribution in [2.45, 2.75) is 69.6 Å². The molecule has 3 rings (SSSR count). The Kier molecular flexibility index (Phi) is 8.91. The highest BCUT2D eigenvalue weighted by molar-refractivity contribution is 7.97. The van der Waals surface area contributed by atoms with Crippen molar-refractivity contribution >= 4 is 22.8 Å². The second-order valence-electron chi connectivity index (χ2n) is 11.8. The molecule has 1 atom stereocenters. The molecule has 196 valence electrons. The molecule has 0 aliphatic heterocycles. The molecule has 0 radical (unpaired) electrons. The number of ether oxygens (including phenoxy) is 2. The average Bonchev–Trinajstić information content (AvgIpc) is 2.83. The van der Waals surface area contributed by atoms with Crippen LogP contribution in [0.15, 0.2) is 99.6 Å². The fraction of sp³-hybridized carbons (Fsp3) is 0.375. The molecule has 0 aliphatic carbocycles. The van der Waals surface area contributed by atoms with Gasteiger partial charge in [-0.1, -0.05) is 77.9 Å². The van der Waals surface area contributed by atoms with E-state index in [0.29, 0.717) is 12.2 Å². The fourth-order valence-electron chi connectivity index (χ4n) is 4.31. The topological polar surface area (TPSA) is 52.6 Å². The minimum absolute atomic E-state index is 0.0681. The van der Waals surface area contributed by atoms with Crippen molar-refractivity contribution in [1.82, 2.24) is 0 Å². The van der Waals surface area contributed by atoms with Crippen molar-refractivity contribution in [2.75, 3.05) is 6.61 Å². The van der Waals surface area contributed by atoms with Gasteiger partial charge in [-0.15, -0.1) is 0 Å². The van der Waals surface area contributed by atoms with E-state index in [-0.39, 0.29) is 27.7 Å². The maximum atomic E-state index is 13.1. The van der Waals surface area contributed by atoms with Crippen LogP contribution >= 0.6 is 0 Å². The maximum absolute atomic E-state index is 13.1. The number of hydrogen-bond donors (Lipinski definition) is 0. The van der Waals surface area contributed by atoms with Crippen molar-refractivity contribution in [2.24, 2.45) is 16.2 Å². The van der Waals surface area contributed by atoms with Gasteiger partial charge in [-0.05, 0) is 72.7 Å². The number of esters is 2. The second kappa shape index (κ2) is 11.6. The zero-order chi connectivity index (χ0) is 27.3. The van der Waals surface area contributed by atoms with Crippen LogP contribution in [0.1, 0.15) is 54.9 Å². The molecule has 0 aliphatic rings. The maximum Gasteiger partial charge on any atom is 0.349 e. The zero-order valence-corrected chi connectivity index (χ0v) is 23.9. The number of hydrogen-bond acceptors (Lipinski definition) is 4. The van der Waals surface area contributed by atoms with Crippen LogP contribution in [0.2, 0.25) is 0 Å². The number of benzene rings is 3. The first-order valence-corrected chi connectivity index (χ1v) is 13.8. The third-order valence-electron chi connectivity index (χ3n) is 6.56. The highest BCUT2D eigenvalue weighted by atomic mass is 32.2. The van der Waals surface area contributed by atoms with Crippen molar-refractivity contribution in [1.29, 1.82) is 0 Å². The van der Waals surface area contributed by atoms with Gasteiger partial charge in [0, 0.05) is 0 Å². The van der Waals surface area contributed by atoms with E-state index in [1.807, 2.05) is 76.2 Å². The quantitative estimate of drug-likeness (QED) is 0.174. The molecule has 37 heavy (non-hydrogen) atoms. The highest BCUT2D eigenvalue weighted by Gasteiger charge is 2.47. The molecular weight excluding hydrogens is 480 g/mol. The Morgan fingerprint density at radius 2 is 1.14 bits per heavy atom. The first-order valence-electron chi connectivity index (χ1n) is 12.6. The zero-order valence-electron chi connectivity index (χ0n) is 23.0. The lowest BCUT2D eigenvalue weighted by atomic mass is 9.61. The molecule has 0 aromatic heterocycles. The van der Waals surface area contributed by atoms with Crippen molar-refractivity contribution < 1.29 is 19.1 Å². The van der Waals surface area contributed by atoms with E-state index in [4.69, 9.17) is 9.47 Å². The van der Waals surface area contributed by atoms with E-state index >= 15 is 0 Å². The molecule has 0 bridgehead atoms. The third-order valence-corrected chi connectivity index (χ3v) is 8.79. The Morgan fingerprint density at radius 3 is 1.57 bits per heavy atom. The molecule has 5 heteroatoms. The SMILES string of the molecule is CC(C)(C)CC(C)(C(=O)OCC(=O)Oc1ccc([S+](c2ccccc2)c2ccccc2)cc1)C(C)(C)C. The van der Waals surface area contributed by atoms with Gasteiger partial charge in [0.15, 0.2) is 21.3 Å². The van der Waals surface area contributed by atoms with Crippen LogP contribution in [0, 0.1) is 16.2 Å². The number of carbonyl (C=O) groups excluding carboxylic acids is 2. The van der Waals surface area contributed by atoms with Gasteiger partial charge in [0.25, 0.3) is 0 Å². The van der Waals surface area contributed by atoms with Crippen LogP contribution in [0.4, 0.5) is 0 Å². The van der Waals surface area contributed by atoms with Gasteiger partial charge in [0.1, 0.15) is 5.75 Å². The van der Waals surface area contributed by atoms with Gasteiger partial charge in [0.2, 0.25) is 0 Å². The summed E-state index contributed by atoms with van der Waals surface area (Å²) in [6, 6.07) is 28.3. The fourth-order valence-corrected chi connectivity index (χ4v) is 6.40. The molecule has 1 unspecified atom stereocenters. The van der Waals surface area contributed by atoms with Gasteiger partial charge < -0.3 is 9.47 Å². The minimum Gasteiger partial charge on any atom is -0.453 e. The normalized spacial score (nSPS) is 13.6. The summed E-state index contributed by atoms with van der Waals surface area (Å²) in [6.07, 6.45) is 0.642. The Hall–Kier alpha value is -3.05. The van der Waals surface area contributed by atoms with Crippen molar-refractivity contribution in [3.63, 3.8) is 0 Å². The van der Waals surface area contributed by atoms with Gasteiger partial charge >= 0.3 is 11.9 Å². The summed E-state index contributed by atoms with van der Waals surface area (Å²) in [7, 11) is -0.282. The molecule has 0 fully saturated rings. The van der Waals surface area contributed by atoms with Crippen molar-refractivity contribution in [3.8, 4) is 5.75 Å². The average molecular weight is 520 g/mol. The molecule has 0 N–H and O–H groups in total. The van der Waals surface area contributed by atoms with Crippen LogP contribution in [0.5, 0.6) is 5.75 Å². The Balaban J connectivity index is 1.69. The van der Waals surface area contributed by atoms with Gasteiger partial charge in [-0.25, -0.2) is 4.79 Å². The monoisotopic (exact) mass is 519 g/mol. The first kappa shape index (κ1) is 28.5. The predicted octanol–water partition coefficient (Wildman–Crippen LogP) is 7.72. The summed E-state index contributed by atoms with van der Waals surface area (Å²) >= 11 is 0. The molecular formula is C32H39O4S+. The van der Waals surface area contributed by atoms with E-state index in [1.54, 1.807) is 12.1 Å². The molecule has 3 aromatic carbocycles. The second-order valence-corrected chi connectivity index (χ2v) is 13.8. The molecule has 0 spiro atoms. The van der Waals surface area contributed by atoms with Crippen LogP contribution in [0.3, 0.4) is 0 Å². The highest BCUT2D eigenvalue weighted by Crippen LogP contribution is 2.47. The van der Waals surface area contributed by atoms with Crippen molar-refractivity contribution in [3.05, 3.63) is 84.9 Å². The summed E-state index contributed by atoms with van der Waals surface area (Å²) in [5.41, 5.74) is -1.13. The molecule has 0 saturated heterocycles. The summed E-state index contributed by atoms with van der Waals surface area (Å²) in [5, 5.41) is 0. The lowest BCUT2D eigenvalue weighted by molar-refractivity contribution is -0.169. The Morgan fingerprint density at radius 1 is 0.676 bits per heavy atom. The van der Waals surface area contributed by atoms with E-state index < -0.39 is 18.0 Å². The van der Waals surface area contributed by atoms with Gasteiger partial charge in [0.05, 0.1) is 16.3 Å². The van der Waals surface area contributed by atoms with E-state index in [1.165, 1.54) is 9.79 Å². The molecule has 0 heterocycles. The lowest BCUT2D eigenvalue weighted by Crippen LogP contribution is -2.44. The van der Waals surface area contributed by atoms with Gasteiger partial charge in [-0.3, -0.25) is 4.79 Å². The van der Waals surface area contributed by atoms with Crippen LogP contribution in [0.25, 0.3) is 0 Å². The molecule has 0 saturated carbocycles. The number of carbonyl (C=O) groups is 2. The third kappa shape index (κ3) is 7.48. The molecule has 0 amide bonds. The van der Waals surface area contributed by atoms with E-state index in [2.05, 4.69) is 45.0 Å². The number of rotatable bonds is 8. The van der Waals surface area contributed by atoms with Crippen LogP contribution in [-0.2, 0) is 25.2 Å². The summed E-state index contributed by atoms with van der Waals surface area (Å²) in [4.78, 5) is 29.2. The van der Waals surface area contributed by atoms with Crippen LogP contribution < -0.4 is 4.74 Å². The Bertz CT molecular complexity index is 1140. The predicted molar refractivity (Wildman–Crippen MR) is 150 cm³/mol. The van der Waals surface area contributed by atoms with E-state index in [9.17, 15) is 9.59 Å². The largest absolute Gasteiger partial charge is 0.453 e. The molecule has 4 nitrogen and oxygen atoms in total. The lowest BCUT2D eigenvalue weighted by Gasteiger charge is -2.43. The first-order chi connectivity index (χ1) is 17.3. The van der Waals surface area contributed by atoms with E-state index in [0.717, 1.165) is 4.90 Å². The summed E-state index contributed by atoms with van der Waals surface area (Å²) in [5.74, 6) is -0.557. The van der Waals surface area contributed by atoms with Crippen LogP contribution in [-0.4, -0.2) is 18.5 Å². The van der Waals surface area contributed by atoms with Gasteiger partial charge in [-0.2, -0.15) is 0 Å². The summed E-state index contributed by atoms with van der Waals surface area (Å²) < 4.78 is 11.0. The minimum atomic E-state index is -0.738.